The van der Waals surface area contributed by atoms with Gasteiger partial charge in [0.2, 0.25) is 0 Å². The highest BCUT2D eigenvalue weighted by Gasteiger charge is 2.16. The van der Waals surface area contributed by atoms with Gasteiger partial charge in [-0.15, -0.1) is 0 Å². The Morgan fingerprint density at radius 1 is 0.232 bits per heavy atom. The minimum Gasteiger partial charge on any atom is -0.456 e. The molecule has 0 amide bonds. The molecule has 0 atom stereocenters. The lowest BCUT2D eigenvalue weighted by molar-refractivity contribution is 0.669. The van der Waals surface area contributed by atoms with Crippen molar-refractivity contribution in [3.8, 4) is 33.4 Å². The molecule has 0 saturated carbocycles. The van der Waals surface area contributed by atoms with Gasteiger partial charge < -0.3 is 9.32 Å². The third-order valence-corrected chi connectivity index (χ3v) is 11.3. The number of hydrogen-bond donors (Lipinski definition) is 0. The number of benzene rings is 10. The zero-order valence-electron chi connectivity index (χ0n) is 30.6. The summed E-state index contributed by atoms with van der Waals surface area (Å²) in [6, 6.07) is 76.4. The quantitative estimate of drug-likeness (QED) is 0.160. The van der Waals surface area contributed by atoms with Crippen LogP contribution in [-0.4, -0.2) is 0 Å². The first-order valence-corrected chi connectivity index (χ1v) is 19.2. The standard InChI is InChI=1S/C54H35NO/c1-2-10-36(11-3-1)38-22-27-42(28-23-38)55(44-31-33-54-52(35-44)50-16-8-9-17-53(50)56-54)43-29-24-39(25-30-43)37-18-20-40(21-19-37)41-26-32-49-47-14-5-4-12-45(47)46-13-6-7-15-48(46)51(49)34-41/h1-35H. The second kappa shape index (κ2) is 13.2. The average molecular weight is 714 g/mol. The van der Waals surface area contributed by atoms with E-state index >= 15 is 0 Å². The Morgan fingerprint density at radius 2 is 0.625 bits per heavy atom. The maximum absolute atomic E-state index is 6.20. The zero-order valence-corrected chi connectivity index (χ0v) is 30.6. The number of hydrogen-bond acceptors (Lipinski definition) is 2. The lowest BCUT2D eigenvalue weighted by Gasteiger charge is -2.26. The molecule has 2 nitrogen and oxygen atoms in total. The smallest absolute Gasteiger partial charge is 0.135 e. The molecule has 0 aliphatic heterocycles. The first-order valence-electron chi connectivity index (χ1n) is 19.2. The molecule has 0 aliphatic carbocycles. The van der Waals surface area contributed by atoms with Crippen LogP contribution >= 0.6 is 0 Å². The van der Waals surface area contributed by atoms with Crippen molar-refractivity contribution in [2.24, 2.45) is 0 Å². The van der Waals surface area contributed by atoms with Gasteiger partial charge >= 0.3 is 0 Å². The normalized spacial score (nSPS) is 11.6. The molecule has 10 aromatic carbocycles. The molecule has 1 aromatic heterocycles. The molecule has 0 aliphatic rings. The summed E-state index contributed by atoms with van der Waals surface area (Å²) in [4.78, 5) is 2.33. The molecule has 0 saturated heterocycles. The van der Waals surface area contributed by atoms with Gasteiger partial charge in [-0.2, -0.15) is 0 Å². The molecule has 0 bridgehead atoms. The van der Waals surface area contributed by atoms with Gasteiger partial charge in [0.1, 0.15) is 11.2 Å². The predicted molar refractivity (Wildman–Crippen MR) is 237 cm³/mol. The minimum atomic E-state index is 0.888. The van der Waals surface area contributed by atoms with Crippen molar-refractivity contribution in [2.75, 3.05) is 4.90 Å². The molecule has 0 spiro atoms. The lowest BCUT2D eigenvalue weighted by atomic mass is 9.92. The van der Waals surface area contributed by atoms with Crippen molar-refractivity contribution in [1.29, 1.82) is 0 Å². The van der Waals surface area contributed by atoms with Gasteiger partial charge in [-0.05, 0) is 120 Å². The van der Waals surface area contributed by atoms with Crippen LogP contribution in [-0.2, 0) is 0 Å². The van der Waals surface area contributed by atoms with E-state index in [0.717, 1.165) is 39.0 Å². The molecule has 1 heterocycles. The fourth-order valence-corrected chi connectivity index (χ4v) is 8.48. The first-order chi connectivity index (χ1) is 27.7. The van der Waals surface area contributed by atoms with Crippen LogP contribution in [0.2, 0.25) is 0 Å². The number of fused-ring (bicyclic) bond motifs is 9. The van der Waals surface area contributed by atoms with E-state index in [1.54, 1.807) is 0 Å². The van der Waals surface area contributed by atoms with E-state index in [1.165, 1.54) is 65.7 Å². The Balaban J connectivity index is 0.946. The summed E-state index contributed by atoms with van der Waals surface area (Å²) < 4.78 is 6.20. The minimum absolute atomic E-state index is 0.888. The highest BCUT2D eigenvalue weighted by Crippen LogP contribution is 2.41. The van der Waals surface area contributed by atoms with Crippen LogP contribution in [0.25, 0.3) is 87.6 Å². The Labute approximate surface area is 325 Å². The second-order valence-electron chi connectivity index (χ2n) is 14.5. The summed E-state index contributed by atoms with van der Waals surface area (Å²) in [6.07, 6.45) is 0. The van der Waals surface area contributed by atoms with Crippen LogP contribution in [0, 0.1) is 0 Å². The van der Waals surface area contributed by atoms with Crippen LogP contribution in [0.1, 0.15) is 0 Å². The highest BCUT2D eigenvalue weighted by atomic mass is 16.3. The van der Waals surface area contributed by atoms with E-state index in [4.69, 9.17) is 4.42 Å². The highest BCUT2D eigenvalue weighted by molar-refractivity contribution is 6.25. The summed E-state index contributed by atoms with van der Waals surface area (Å²) in [5, 5.41) is 9.99. The van der Waals surface area contributed by atoms with E-state index < -0.39 is 0 Å². The summed E-state index contributed by atoms with van der Waals surface area (Å²) in [5.74, 6) is 0. The molecular weight excluding hydrogens is 679 g/mol. The van der Waals surface area contributed by atoms with Crippen molar-refractivity contribution in [3.05, 3.63) is 212 Å². The van der Waals surface area contributed by atoms with E-state index in [9.17, 15) is 0 Å². The summed E-state index contributed by atoms with van der Waals surface area (Å²) >= 11 is 0. The molecule has 11 aromatic rings. The number of nitrogens with zero attached hydrogens (tertiary/aromatic N) is 1. The zero-order chi connectivity index (χ0) is 37.0. The third-order valence-electron chi connectivity index (χ3n) is 11.3. The van der Waals surface area contributed by atoms with Crippen molar-refractivity contribution in [3.63, 3.8) is 0 Å². The molecule has 0 radical (unpaired) electrons. The van der Waals surface area contributed by atoms with Crippen LogP contribution in [0.5, 0.6) is 0 Å². The maximum Gasteiger partial charge on any atom is 0.135 e. The molecule has 56 heavy (non-hydrogen) atoms. The number of anilines is 3. The SMILES string of the molecule is c1ccc(-c2ccc(N(c3ccc(-c4ccc(-c5ccc6c7ccccc7c7ccccc7c6c5)cc4)cc3)c3ccc4oc5ccccc5c4c3)cc2)cc1. The van der Waals surface area contributed by atoms with Gasteiger partial charge in [0.15, 0.2) is 0 Å². The Morgan fingerprint density at radius 3 is 1.21 bits per heavy atom. The Hall–Kier alpha value is -7.42. The maximum atomic E-state index is 6.20. The van der Waals surface area contributed by atoms with Gasteiger partial charge in [0.05, 0.1) is 0 Å². The van der Waals surface area contributed by atoms with Gasteiger partial charge in [-0.3, -0.25) is 0 Å². The Bertz CT molecular complexity index is 3180. The summed E-state index contributed by atoms with van der Waals surface area (Å²) in [6.45, 7) is 0. The van der Waals surface area contributed by atoms with E-state index in [0.29, 0.717) is 0 Å². The van der Waals surface area contributed by atoms with Gasteiger partial charge in [-0.25, -0.2) is 0 Å². The van der Waals surface area contributed by atoms with E-state index in [2.05, 4.69) is 205 Å². The summed E-state index contributed by atoms with van der Waals surface area (Å²) in [7, 11) is 0. The molecule has 262 valence electrons. The number of furan rings is 1. The topological polar surface area (TPSA) is 16.4 Å². The van der Waals surface area contributed by atoms with Crippen LogP contribution < -0.4 is 4.90 Å². The van der Waals surface area contributed by atoms with Crippen LogP contribution in [0.4, 0.5) is 17.1 Å². The third kappa shape index (κ3) is 5.42. The molecule has 11 rings (SSSR count). The average Bonchev–Trinajstić information content (AvgIpc) is 3.65. The molecular formula is C54H35NO. The van der Waals surface area contributed by atoms with Crippen LogP contribution in [0.3, 0.4) is 0 Å². The molecule has 0 unspecified atom stereocenters. The monoisotopic (exact) mass is 713 g/mol. The van der Waals surface area contributed by atoms with Crippen molar-refractivity contribution >= 4 is 71.3 Å². The Kier molecular flexibility index (Phi) is 7.53. The molecule has 2 heteroatoms. The van der Waals surface area contributed by atoms with Crippen LogP contribution in [0.15, 0.2) is 217 Å². The lowest BCUT2D eigenvalue weighted by Crippen LogP contribution is -2.09. The van der Waals surface area contributed by atoms with Crippen molar-refractivity contribution in [1.82, 2.24) is 0 Å². The number of para-hydroxylation sites is 1. The fourth-order valence-electron chi connectivity index (χ4n) is 8.48. The van der Waals surface area contributed by atoms with E-state index in [1.807, 2.05) is 12.1 Å². The van der Waals surface area contributed by atoms with Crippen molar-refractivity contribution in [2.45, 2.75) is 0 Å². The van der Waals surface area contributed by atoms with Crippen molar-refractivity contribution < 1.29 is 4.42 Å². The van der Waals surface area contributed by atoms with Gasteiger partial charge in [-0.1, -0.05) is 158 Å². The van der Waals surface area contributed by atoms with E-state index in [-0.39, 0.29) is 0 Å². The van der Waals surface area contributed by atoms with Gasteiger partial charge in [0.25, 0.3) is 0 Å². The number of rotatable bonds is 6. The second-order valence-corrected chi connectivity index (χ2v) is 14.5. The molecule has 0 N–H and O–H groups in total. The molecule has 0 fully saturated rings. The fraction of sp³-hybridized carbons (Fsp3) is 0. The largest absolute Gasteiger partial charge is 0.456 e. The first kappa shape index (κ1) is 32.0. The van der Waals surface area contributed by atoms with Gasteiger partial charge in [0, 0.05) is 27.8 Å². The summed E-state index contributed by atoms with van der Waals surface area (Å²) in [5.41, 5.74) is 12.2. The predicted octanol–water partition coefficient (Wildman–Crippen LogP) is 15.5.